The minimum absolute atomic E-state index is 0.397. The third-order valence-corrected chi connectivity index (χ3v) is 6.75. The number of benzene rings is 2. The molecule has 1 heterocycles. The largest absolute Gasteiger partial charge is 0.367 e. The van der Waals surface area contributed by atoms with Crippen molar-refractivity contribution < 1.29 is 8.42 Å². The van der Waals surface area contributed by atoms with Crippen molar-refractivity contribution in [2.45, 2.75) is 18.7 Å². The highest BCUT2D eigenvalue weighted by atomic mass is 32.2. The second kappa shape index (κ2) is 7.29. The van der Waals surface area contributed by atoms with E-state index < -0.39 is 10.0 Å². The van der Waals surface area contributed by atoms with Crippen LogP contribution in [0.25, 0.3) is 0 Å². The molecule has 1 aliphatic heterocycles. The minimum Gasteiger partial charge on any atom is -0.367 e. The molecule has 0 aliphatic carbocycles. The second-order valence-electron chi connectivity index (χ2n) is 7.13. The zero-order chi connectivity index (χ0) is 18.9. The van der Waals surface area contributed by atoms with Crippen LogP contribution in [-0.2, 0) is 10.0 Å². The first kappa shape index (κ1) is 18.7. The molecule has 0 fully saturated rings. The highest BCUT2D eigenvalue weighted by molar-refractivity contribution is 7.93. The molecule has 0 atom stereocenters. The average Bonchev–Trinajstić information content (AvgIpc) is 2.61. The van der Waals surface area contributed by atoms with Crippen LogP contribution >= 0.6 is 0 Å². The summed E-state index contributed by atoms with van der Waals surface area (Å²) in [5, 5.41) is 0. The van der Waals surface area contributed by atoms with E-state index in [4.69, 9.17) is 0 Å². The molecule has 2 aromatic carbocycles. The molecule has 26 heavy (non-hydrogen) atoms. The molecule has 0 N–H and O–H groups in total. The Morgan fingerprint density at radius 1 is 1.00 bits per heavy atom. The van der Waals surface area contributed by atoms with Crippen LogP contribution in [0.2, 0.25) is 0 Å². The SMILES string of the molecule is Cc1ccc(C)c(S(=O)(=O)N2CCN(CCN(C)C)c3ccccc32)c1. The van der Waals surface area contributed by atoms with E-state index >= 15 is 0 Å². The van der Waals surface area contributed by atoms with E-state index in [1.54, 1.807) is 10.4 Å². The molecule has 0 bridgehead atoms. The average molecular weight is 374 g/mol. The van der Waals surface area contributed by atoms with Gasteiger partial charge < -0.3 is 9.80 Å². The zero-order valence-corrected chi connectivity index (χ0v) is 16.8. The van der Waals surface area contributed by atoms with Crippen LogP contribution < -0.4 is 9.21 Å². The highest BCUT2D eigenvalue weighted by Gasteiger charge is 2.32. The maximum atomic E-state index is 13.4. The normalized spacial score (nSPS) is 14.7. The van der Waals surface area contributed by atoms with Gasteiger partial charge in [-0.1, -0.05) is 24.3 Å². The molecule has 0 unspecified atom stereocenters. The van der Waals surface area contributed by atoms with Crippen LogP contribution in [0.5, 0.6) is 0 Å². The maximum absolute atomic E-state index is 13.4. The van der Waals surface area contributed by atoms with Crippen LogP contribution in [0.15, 0.2) is 47.4 Å². The number of fused-ring (bicyclic) bond motifs is 1. The fraction of sp³-hybridized carbons (Fsp3) is 0.400. The summed E-state index contributed by atoms with van der Waals surface area (Å²) in [7, 11) is 0.510. The Hall–Kier alpha value is -2.05. The number of para-hydroxylation sites is 2. The standard InChI is InChI=1S/C20H27N3O2S/c1-16-9-10-17(2)20(15-16)26(24,25)23-14-13-22(12-11-21(3)4)18-7-5-6-8-19(18)23/h5-10,15H,11-14H2,1-4H3. The van der Waals surface area contributed by atoms with Gasteiger partial charge in [0.25, 0.3) is 10.0 Å². The first-order valence-electron chi connectivity index (χ1n) is 8.89. The summed E-state index contributed by atoms with van der Waals surface area (Å²) in [5.74, 6) is 0. The van der Waals surface area contributed by atoms with Crippen LogP contribution in [0.1, 0.15) is 11.1 Å². The molecule has 0 saturated carbocycles. The molecule has 140 valence electrons. The van der Waals surface area contributed by atoms with Crippen molar-refractivity contribution in [1.29, 1.82) is 0 Å². The monoisotopic (exact) mass is 373 g/mol. The lowest BCUT2D eigenvalue weighted by molar-refractivity contribution is 0.413. The number of likely N-dealkylation sites (N-methyl/N-ethyl adjacent to an activating group) is 1. The first-order chi connectivity index (χ1) is 12.3. The van der Waals surface area contributed by atoms with Crippen molar-refractivity contribution in [3.05, 3.63) is 53.6 Å². The van der Waals surface area contributed by atoms with E-state index in [1.807, 2.05) is 64.3 Å². The topological polar surface area (TPSA) is 43.9 Å². The van der Waals surface area contributed by atoms with Gasteiger partial charge in [0.15, 0.2) is 0 Å². The molecule has 0 amide bonds. The Balaban J connectivity index is 2.00. The fourth-order valence-electron chi connectivity index (χ4n) is 3.30. The van der Waals surface area contributed by atoms with Gasteiger partial charge in [0.05, 0.1) is 22.8 Å². The Morgan fingerprint density at radius 3 is 2.38 bits per heavy atom. The lowest BCUT2D eigenvalue weighted by Gasteiger charge is -2.38. The summed E-state index contributed by atoms with van der Waals surface area (Å²) in [5.41, 5.74) is 3.48. The minimum atomic E-state index is -3.59. The number of nitrogens with zero attached hydrogens (tertiary/aromatic N) is 3. The van der Waals surface area contributed by atoms with Crippen LogP contribution in [-0.4, -0.2) is 53.6 Å². The van der Waals surface area contributed by atoms with Crippen molar-refractivity contribution in [3.63, 3.8) is 0 Å². The predicted molar refractivity (Wildman–Crippen MR) is 108 cm³/mol. The Morgan fingerprint density at radius 2 is 1.69 bits per heavy atom. The Kier molecular flexibility index (Phi) is 5.25. The predicted octanol–water partition coefficient (Wildman–Crippen LogP) is 2.88. The van der Waals surface area contributed by atoms with Gasteiger partial charge >= 0.3 is 0 Å². The maximum Gasteiger partial charge on any atom is 0.264 e. The van der Waals surface area contributed by atoms with Crippen LogP contribution in [0.4, 0.5) is 11.4 Å². The van der Waals surface area contributed by atoms with Crippen molar-refractivity contribution >= 4 is 21.4 Å². The quantitative estimate of drug-likeness (QED) is 0.808. The number of sulfonamides is 1. The second-order valence-corrected chi connectivity index (χ2v) is 8.96. The summed E-state index contributed by atoms with van der Waals surface area (Å²) in [6, 6.07) is 13.4. The van der Waals surface area contributed by atoms with E-state index in [-0.39, 0.29) is 0 Å². The Bertz CT molecular complexity index is 894. The van der Waals surface area contributed by atoms with Crippen molar-refractivity contribution in [2.24, 2.45) is 0 Å². The van der Waals surface area contributed by atoms with Gasteiger partial charge in [0.2, 0.25) is 0 Å². The molecule has 6 heteroatoms. The molecule has 0 saturated heterocycles. The molecule has 0 aromatic heterocycles. The Labute approximate surface area is 156 Å². The summed E-state index contributed by atoms with van der Waals surface area (Å²) in [4.78, 5) is 4.81. The number of rotatable bonds is 5. The fourth-order valence-corrected chi connectivity index (χ4v) is 5.08. The van der Waals surface area contributed by atoms with Crippen molar-refractivity contribution in [1.82, 2.24) is 4.90 Å². The third-order valence-electron chi connectivity index (χ3n) is 4.79. The summed E-state index contributed by atoms with van der Waals surface area (Å²) >= 11 is 0. The third kappa shape index (κ3) is 3.57. The van der Waals surface area contributed by atoms with Gasteiger partial charge in [-0.05, 0) is 57.3 Å². The smallest absolute Gasteiger partial charge is 0.264 e. The molecular formula is C20H27N3O2S. The van der Waals surface area contributed by atoms with E-state index in [1.165, 1.54) is 0 Å². The molecule has 0 radical (unpaired) electrons. The lowest BCUT2D eigenvalue weighted by Crippen LogP contribution is -2.45. The summed E-state index contributed by atoms with van der Waals surface area (Å²) < 4.78 is 28.4. The van der Waals surface area contributed by atoms with Gasteiger partial charge in [-0.15, -0.1) is 0 Å². The molecule has 5 nitrogen and oxygen atoms in total. The first-order valence-corrected chi connectivity index (χ1v) is 10.3. The van der Waals surface area contributed by atoms with Gasteiger partial charge in [0.1, 0.15) is 0 Å². The number of aryl methyl sites for hydroxylation is 2. The highest BCUT2D eigenvalue weighted by Crippen LogP contribution is 2.36. The van der Waals surface area contributed by atoms with E-state index in [0.29, 0.717) is 18.0 Å². The van der Waals surface area contributed by atoms with E-state index in [0.717, 1.165) is 35.6 Å². The molecule has 0 spiro atoms. The van der Waals surface area contributed by atoms with Crippen LogP contribution in [0.3, 0.4) is 0 Å². The number of hydrogen-bond acceptors (Lipinski definition) is 4. The summed E-state index contributed by atoms with van der Waals surface area (Å²) in [6.07, 6.45) is 0. The number of hydrogen-bond donors (Lipinski definition) is 0. The van der Waals surface area contributed by atoms with Gasteiger partial charge in [-0.25, -0.2) is 8.42 Å². The zero-order valence-electron chi connectivity index (χ0n) is 15.9. The summed E-state index contributed by atoms with van der Waals surface area (Å²) in [6.45, 7) is 6.73. The van der Waals surface area contributed by atoms with Crippen molar-refractivity contribution in [3.8, 4) is 0 Å². The van der Waals surface area contributed by atoms with E-state index in [2.05, 4.69) is 9.80 Å². The number of anilines is 2. The van der Waals surface area contributed by atoms with Gasteiger partial charge in [-0.2, -0.15) is 0 Å². The van der Waals surface area contributed by atoms with Gasteiger partial charge in [-0.3, -0.25) is 4.31 Å². The van der Waals surface area contributed by atoms with Gasteiger partial charge in [0, 0.05) is 19.6 Å². The lowest BCUT2D eigenvalue weighted by atomic mass is 10.2. The molecule has 1 aliphatic rings. The van der Waals surface area contributed by atoms with Crippen molar-refractivity contribution in [2.75, 3.05) is 49.5 Å². The van der Waals surface area contributed by atoms with E-state index in [9.17, 15) is 8.42 Å². The molecule has 3 rings (SSSR count). The molecule has 2 aromatic rings. The molecular weight excluding hydrogens is 346 g/mol. The van der Waals surface area contributed by atoms with Crippen LogP contribution in [0, 0.1) is 13.8 Å².